The van der Waals surface area contributed by atoms with Crippen molar-refractivity contribution in [3.05, 3.63) is 46.1 Å². The highest BCUT2D eigenvalue weighted by molar-refractivity contribution is 6.34. The number of hydrogen-bond acceptors (Lipinski definition) is 2. The topological polar surface area (TPSA) is 29.9 Å². The molecule has 3 nitrogen and oxygen atoms in total. The van der Waals surface area contributed by atoms with E-state index in [1.807, 2.05) is 36.0 Å². The first-order valence-electron chi connectivity index (χ1n) is 5.39. The number of anilines is 1. The number of benzene rings is 1. The zero-order chi connectivity index (χ0) is 12.3. The van der Waals surface area contributed by atoms with Gasteiger partial charge in [0.05, 0.1) is 0 Å². The van der Waals surface area contributed by atoms with Gasteiger partial charge in [0.2, 0.25) is 0 Å². The van der Waals surface area contributed by atoms with Gasteiger partial charge in [-0.25, -0.2) is 0 Å². The number of aromatic nitrogens is 2. The Morgan fingerprint density at radius 2 is 1.94 bits per heavy atom. The fourth-order valence-electron chi connectivity index (χ4n) is 1.54. The maximum atomic E-state index is 5.93. The molecule has 0 aliphatic rings. The Morgan fingerprint density at radius 1 is 1.24 bits per heavy atom. The van der Waals surface area contributed by atoms with E-state index >= 15 is 0 Å². The number of aryl methyl sites for hydroxylation is 1. The first-order valence-corrected chi connectivity index (χ1v) is 6.15. The van der Waals surface area contributed by atoms with Gasteiger partial charge in [0, 0.05) is 35.4 Å². The van der Waals surface area contributed by atoms with Crippen LogP contribution in [0, 0.1) is 0 Å². The van der Waals surface area contributed by atoms with E-state index in [2.05, 4.69) is 10.4 Å². The first-order chi connectivity index (χ1) is 8.17. The van der Waals surface area contributed by atoms with E-state index in [4.69, 9.17) is 23.2 Å². The van der Waals surface area contributed by atoms with Gasteiger partial charge in [0.25, 0.3) is 0 Å². The lowest BCUT2D eigenvalue weighted by Crippen LogP contribution is -2.01. The van der Waals surface area contributed by atoms with Gasteiger partial charge in [0.1, 0.15) is 5.82 Å². The summed E-state index contributed by atoms with van der Waals surface area (Å²) in [5, 5.41) is 8.84. The minimum Gasteiger partial charge on any atom is -0.365 e. The summed E-state index contributed by atoms with van der Waals surface area (Å²) in [6.07, 6.45) is 1.94. The predicted octanol–water partition coefficient (Wildman–Crippen LogP) is 3.82. The molecule has 17 heavy (non-hydrogen) atoms. The molecule has 0 saturated carbocycles. The van der Waals surface area contributed by atoms with E-state index in [-0.39, 0.29) is 0 Å². The van der Waals surface area contributed by atoms with Gasteiger partial charge in [-0.15, -0.1) is 0 Å². The third-order valence-corrected chi connectivity index (χ3v) is 2.80. The molecule has 1 aromatic carbocycles. The highest BCUT2D eigenvalue weighted by Gasteiger charge is 2.00. The summed E-state index contributed by atoms with van der Waals surface area (Å²) in [6, 6.07) is 7.43. The number of nitrogens with zero attached hydrogens (tertiary/aromatic N) is 2. The second kappa shape index (κ2) is 5.43. The van der Waals surface area contributed by atoms with Gasteiger partial charge in [-0.1, -0.05) is 23.2 Å². The molecule has 0 amide bonds. The van der Waals surface area contributed by atoms with E-state index in [0.717, 1.165) is 17.9 Å². The van der Waals surface area contributed by atoms with Gasteiger partial charge < -0.3 is 5.32 Å². The monoisotopic (exact) mass is 269 g/mol. The van der Waals surface area contributed by atoms with Crippen LogP contribution in [-0.2, 0) is 13.1 Å². The number of nitrogens with one attached hydrogen (secondary N) is 1. The maximum absolute atomic E-state index is 5.93. The standard InChI is InChI=1S/C12H13Cl2N3/c1-2-17-4-3-12(16-17)15-8-9-5-10(13)7-11(14)6-9/h3-7H,2,8H2,1H3,(H,15,16). The van der Waals surface area contributed by atoms with Crippen LogP contribution in [0.25, 0.3) is 0 Å². The van der Waals surface area contributed by atoms with Gasteiger partial charge in [-0.3, -0.25) is 4.68 Å². The first kappa shape index (κ1) is 12.3. The second-order valence-electron chi connectivity index (χ2n) is 3.69. The molecule has 5 heteroatoms. The molecule has 0 saturated heterocycles. The zero-order valence-electron chi connectivity index (χ0n) is 9.45. The minimum atomic E-state index is 0.647. The summed E-state index contributed by atoms with van der Waals surface area (Å²) in [6.45, 7) is 3.57. The number of rotatable bonds is 4. The molecular formula is C12H13Cl2N3. The van der Waals surface area contributed by atoms with E-state index in [1.54, 1.807) is 6.07 Å². The zero-order valence-corrected chi connectivity index (χ0v) is 11.0. The lowest BCUT2D eigenvalue weighted by Gasteiger charge is -2.04. The molecule has 0 bridgehead atoms. The molecule has 1 aromatic heterocycles. The predicted molar refractivity (Wildman–Crippen MR) is 71.7 cm³/mol. The Labute approximate surface area is 110 Å². The van der Waals surface area contributed by atoms with Crippen LogP contribution < -0.4 is 5.32 Å². The van der Waals surface area contributed by atoms with E-state index in [0.29, 0.717) is 16.6 Å². The van der Waals surface area contributed by atoms with Crippen LogP contribution in [0.2, 0.25) is 10.0 Å². The molecule has 1 N–H and O–H groups in total. The van der Waals surface area contributed by atoms with E-state index in [1.165, 1.54) is 0 Å². The van der Waals surface area contributed by atoms with Crippen molar-refractivity contribution in [3.63, 3.8) is 0 Å². The summed E-state index contributed by atoms with van der Waals surface area (Å²) in [7, 11) is 0. The number of halogens is 2. The van der Waals surface area contributed by atoms with Gasteiger partial charge in [-0.05, 0) is 30.7 Å². The number of hydrogen-bond donors (Lipinski definition) is 1. The lowest BCUT2D eigenvalue weighted by molar-refractivity contribution is 0.661. The molecular weight excluding hydrogens is 257 g/mol. The quantitative estimate of drug-likeness (QED) is 0.915. The molecule has 0 fully saturated rings. The summed E-state index contributed by atoms with van der Waals surface area (Å²) in [4.78, 5) is 0. The van der Waals surface area contributed by atoms with Crippen molar-refractivity contribution in [2.75, 3.05) is 5.32 Å². The van der Waals surface area contributed by atoms with Crippen molar-refractivity contribution in [2.24, 2.45) is 0 Å². The van der Waals surface area contributed by atoms with Crippen molar-refractivity contribution >= 4 is 29.0 Å². The van der Waals surface area contributed by atoms with Crippen LogP contribution in [0.5, 0.6) is 0 Å². The van der Waals surface area contributed by atoms with Crippen LogP contribution in [-0.4, -0.2) is 9.78 Å². The Bertz CT molecular complexity index is 488. The molecule has 0 spiro atoms. The van der Waals surface area contributed by atoms with Crippen molar-refractivity contribution in [2.45, 2.75) is 20.0 Å². The molecule has 1 heterocycles. The Hall–Kier alpha value is -1.19. The third kappa shape index (κ3) is 3.38. The van der Waals surface area contributed by atoms with E-state index in [9.17, 15) is 0 Å². The van der Waals surface area contributed by atoms with E-state index < -0.39 is 0 Å². The average molecular weight is 270 g/mol. The minimum absolute atomic E-state index is 0.647. The largest absolute Gasteiger partial charge is 0.365 e. The van der Waals surface area contributed by atoms with Gasteiger partial charge in [-0.2, -0.15) is 5.10 Å². The average Bonchev–Trinajstić information content (AvgIpc) is 2.73. The van der Waals surface area contributed by atoms with Crippen molar-refractivity contribution in [3.8, 4) is 0 Å². The molecule has 2 aromatic rings. The normalized spacial score (nSPS) is 10.5. The second-order valence-corrected chi connectivity index (χ2v) is 4.56. The molecule has 0 aliphatic heterocycles. The summed E-state index contributed by atoms with van der Waals surface area (Å²) < 4.78 is 1.87. The smallest absolute Gasteiger partial charge is 0.148 e. The van der Waals surface area contributed by atoms with Crippen LogP contribution in [0.3, 0.4) is 0 Å². The SMILES string of the molecule is CCn1ccc(NCc2cc(Cl)cc(Cl)c2)n1. The van der Waals surface area contributed by atoms with Crippen molar-refractivity contribution in [1.29, 1.82) is 0 Å². The molecule has 0 radical (unpaired) electrons. The highest BCUT2D eigenvalue weighted by Crippen LogP contribution is 2.19. The Kier molecular flexibility index (Phi) is 3.92. The fourth-order valence-corrected chi connectivity index (χ4v) is 2.11. The van der Waals surface area contributed by atoms with Crippen LogP contribution in [0.1, 0.15) is 12.5 Å². The molecule has 90 valence electrons. The van der Waals surface area contributed by atoms with Crippen LogP contribution in [0.4, 0.5) is 5.82 Å². The third-order valence-electron chi connectivity index (χ3n) is 2.36. The fraction of sp³-hybridized carbons (Fsp3) is 0.250. The van der Waals surface area contributed by atoms with Crippen LogP contribution >= 0.6 is 23.2 Å². The van der Waals surface area contributed by atoms with Crippen LogP contribution in [0.15, 0.2) is 30.5 Å². The summed E-state index contributed by atoms with van der Waals surface area (Å²) in [5.74, 6) is 0.850. The van der Waals surface area contributed by atoms with Gasteiger partial charge in [0.15, 0.2) is 0 Å². The molecule has 0 aliphatic carbocycles. The lowest BCUT2D eigenvalue weighted by atomic mass is 10.2. The Balaban J connectivity index is 2.01. The summed E-state index contributed by atoms with van der Waals surface area (Å²) in [5.41, 5.74) is 1.04. The summed E-state index contributed by atoms with van der Waals surface area (Å²) >= 11 is 11.9. The highest BCUT2D eigenvalue weighted by atomic mass is 35.5. The van der Waals surface area contributed by atoms with Crippen molar-refractivity contribution in [1.82, 2.24) is 9.78 Å². The molecule has 0 atom stereocenters. The Morgan fingerprint density at radius 3 is 2.53 bits per heavy atom. The molecule has 0 unspecified atom stereocenters. The molecule has 2 rings (SSSR count). The van der Waals surface area contributed by atoms with Gasteiger partial charge >= 0.3 is 0 Å². The maximum Gasteiger partial charge on any atom is 0.148 e. The van der Waals surface area contributed by atoms with Crippen molar-refractivity contribution < 1.29 is 0 Å².